The molecule has 0 aliphatic heterocycles. The Bertz CT molecular complexity index is 1530. The van der Waals surface area contributed by atoms with E-state index >= 15 is 0 Å². The number of fused-ring (bicyclic) bond motifs is 1. The molecule has 182 valence electrons. The lowest BCUT2D eigenvalue weighted by molar-refractivity contribution is 0.100. The fourth-order valence-corrected chi connectivity index (χ4v) is 4.11. The Balaban J connectivity index is 1.43. The molecule has 1 amide bonds. The van der Waals surface area contributed by atoms with Crippen LogP contribution in [0, 0.1) is 0 Å². The Morgan fingerprint density at radius 1 is 0.972 bits per heavy atom. The highest BCUT2D eigenvalue weighted by Crippen LogP contribution is 2.31. The number of carbonyl (C=O) groups is 1. The maximum atomic E-state index is 11.9. The SMILES string of the molecule is CC(C)Nc1c(C(N)=O)cnn2cc(-c3ccc(-c4ncc(-c5ccc(N(C)C)cc5)o4)cc3)cc12. The lowest BCUT2D eigenvalue weighted by Crippen LogP contribution is -2.19. The summed E-state index contributed by atoms with van der Waals surface area (Å²) in [4.78, 5) is 18.5. The average molecular weight is 481 g/mol. The molecule has 8 heteroatoms. The van der Waals surface area contributed by atoms with Crippen molar-refractivity contribution < 1.29 is 9.21 Å². The normalized spacial score (nSPS) is 11.2. The first-order valence-electron chi connectivity index (χ1n) is 11.7. The summed E-state index contributed by atoms with van der Waals surface area (Å²) in [6, 6.07) is 18.3. The number of benzene rings is 2. The molecule has 3 N–H and O–H groups in total. The monoisotopic (exact) mass is 480 g/mol. The van der Waals surface area contributed by atoms with E-state index in [0.717, 1.165) is 39.2 Å². The van der Waals surface area contributed by atoms with Gasteiger partial charge >= 0.3 is 0 Å². The zero-order valence-corrected chi connectivity index (χ0v) is 20.7. The number of hydrogen-bond donors (Lipinski definition) is 2. The third-order valence-corrected chi connectivity index (χ3v) is 5.97. The molecule has 8 nitrogen and oxygen atoms in total. The van der Waals surface area contributed by atoms with Crippen LogP contribution in [0.5, 0.6) is 0 Å². The number of aromatic nitrogens is 3. The molecule has 0 bridgehead atoms. The van der Waals surface area contributed by atoms with Crippen molar-refractivity contribution in [2.45, 2.75) is 19.9 Å². The zero-order valence-electron chi connectivity index (χ0n) is 20.7. The van der Waals surface area contributed by atoms with Gasteiger partial charge in [0.15, 0.2) is 5.76 Å². The zero-order chi connectivity index (χ0) is 25.4. The van der Waals surface area contributed by atoms with Crippen LogP contribution in [0.4, 0.5) is 11.4 Å². The Morgan fingerprint density at radius 3 is 2.28 bits per heavy atom. The number of nitrogens with zero attached hydrogens (tertiary/aromatic N) is 4. The molecule has 3 aromatic heterocycles. The first-order valence-corrected chi connectivity index (χ1v) is 11.7. The smallest absolute Gasteiger partial charge is 0.252 e. The van der Waals surface area contributed by atoms with Crippen LogP contribution in [0.1, 0.15) is 24.2 Å². The summed E-state index contributed by atoms with van der Waals surface area (Å²) in [5.74, 6) is 0.769. The van der Waals surface area contributed by atoms with Crippen LogP contribution in [-0.4, -0.2) is 40.6 Å². The van der Waals surface area contributed by atoms with Gasteiger partial charge in [-0.25, -0.2) is 9.50 Å². The van der Waals surface area contributed by atoms with Gasteiger partial charge in [-0.15, -0.1) is 0 Å². The van der Waals surface area contributed by atoms with Crippen molar-refractivity contribution >= 4 is 22.8 Å². The third kappa shape index (κ3) is 4.40. The van der Waals surface area contributed by atoms with Crippen LogP contribution in [0.25, 0.3) is 39.4 Å². The predicted octanol–water partition coefficient (Wildman–Crippen LogP) is 5.31. The molecule has 0 unspecified atom stereocenters. The summed E-state index contributed by atoms with van der Waals surface area (Å²) >= 11 is 0. The van der Waals surface area contributed by atoms with Gasteiger partial charge in [0, 0.05) is 48.7 Å². The molecule has 5 rings (SSSR count). The highest BCUT2D eigenvalue weighted by Gasteiger charge is 2.16. The second kappa shape index (κ2) is 9.22. The van der Waals surface area contributed by atoms with E-state index in [9.17, 15) is 4.79 Å². The van der Waals surface area contributed by atoms with Gasteiger partial charge in [0.05, 0.1) is 29.2 Å². The maximum Gasteiger partial charge on any atom is 0.252 e. The van der Waals surface area contributed by atoms with E-state index in [1.54, 1.807) is 10.7 Å². The van der Waals surface area contributed by atoms with Gasteiger partial charge < -0.3 is 20.4 Å². The molecule has 3 heterocycles. The van der Waals surface area contributed by atoms with Crippen LogP contribution in [0.3, 0.4) is 0 Å². The summed E-state index contributed by atoms with van der Waals surface area (Å²) in [6.45, 7) is 4.02. The number of oxazole rings is 1. The minimum atomic E-state index is -0.515. The van der Waals surface area contributed by atoms with Gasteiger partial charge in [0.25, 0.3) is 5.91 Å². The summed E-state index contributed by atoms with van der Waals surface area (Å²) in [5, 5.41) is 7.71. The van der Waals surface area contributed by atoms with Crippen LogP contribution in [-0.2, 0) is 0 Å². The van der Waals surface area contributed by atoms with Crippen LogP contribution >= 0.6 is 0 Å². The van der Waals surface area contributed by atoms with E-state index in [4.69, 9.17) is 10.2 Å². The summed E-state index contributed by atoms with van der Waals surface area (Å²) in [7, 11) is 4.02. The lowest BCUT2D eigenvalue weighted by Gasteiger charge is -2.14. The highest BCUT2D eigenvalue weighted by molar-refractivity contribution is 6.02. The van der Waals surface area contributed by atoms with E-state index in [0.29, 0.717) is 17.1 Å². The van der Waals surface area contributed by atoms with Gasteiger partial charge in [-0.3, -0.25) is 4.79 Å². The van der Waals surface area contributed by atoms with Crippen molar-refractivity contribution in [3.05, 3.63) is 78.8 Å². The molecule has 0 aliphatic rings. The number of rotatable bonds is 7. The number of nitrogens with two attached hydrogens (primary N) is 1. The quantitative estimate of drug-likeness (QED) is 0.327. The number of nitrogens with one attached hydrogen (secondary N) is 1. The van der Waals surface area contributed by atoms with Gasteiger partial charge in [0.2, 0.25) is 5.89 Å². The first-order chi connectivity index (χ1) is 17.3. The predicted molar refractivity (Wildman–Crippen MR) is 143 cm³/mol. The van der Waals surface area contributed by atoms with Crippen molar-refractivity contribution in [3.63, 3.8) is 0 Å². The van der Waals surface area contributed by atoms with Gasteiger partial charge in [-0.05, 0) is 61.9 Å². The van der Waals surface area contributed by atoms with E-state index < -0.39 is 5.91 Å². The molecule has 0 aliphatic carbocycles. The number of carbonyl (C=O) groups excluding carboxylic acids is 1. The second-order valence-electron chi connectivity index (χ2n) is 9.20. The largest absolute Gasteiger partial charge is 0.436 e. The molecular formula is C28H28N6O2. The number of hydrogen-bond acceptors (Lipinski definition) is 6. The lowest BCUT2D eigenvalue weighted by atomic mass is 10.1. The van der Waals surface area contributed by atoms with E-state index in [2.05, 4.69) is 32.4 Å². The molecule has 0 saturated heterocycles. The van der Waals surface area contributed by atoms with Crippen molar-refractivity contribution in [2.75, 3.05) is 24.3 Å². The summed E-state index contributed by atoms with van der Waals surface area (Å²) in [5.41, 5.74) is 12.4. The standard InChI is InChI=1S/C28H28N6O2/c1-17(2)32-26-23(27(29)35)14-31-34-16-21(13-24(26)34)18-5-7-20(8-6-18)28-30-15-25(36-28)19-9-11-22(12-10-19)33(3)4/h5-17,32H,1-4H3,(H2,29,35). The molecule has 0 spiro atoms. The molecular weight excluding hydrogens is 452 g/mol. The summed E-state index contributed by atoms with van der Waals surface area (Å²) in [6.07, 6.45) is 5.18. The van der Waals surface area contributed by atoms with E-state index in [-0.39, 0.29) is 6.04 Å². The fourth-order valence-electron chi connectivity index (χ4n) is 4.11. The Labute approximate surface area is 209 Å². The molecule has 0 radical (unpaired) electrons. The second-order valence-corrected chi connectivity index (χ2v) is 9.20. The molecule has 0 saturated carbocycles. The van der Waals surface area contributed by atoms with Crippen molar-refractivity contribution in [1.29, 1.82) is 0 Å². The number of amides is 1. The molecule has 2 aromatic carbocycles. The minimum absolute atomic E-state index is 0.128. The van der Waals surface area contributed by atoms with Gasteiger partial charge in [0.1, 0.15) is 0 Å². The molecule has 36 heavy (non-hydrogen) atoms. The topological polar surface area (TPSA) is 102 Å². The minimum Gasteiger partial charge on any atom is -0.436 e. The first kappa shape index (κ1) is 23.2. The highest BCUT2D eigenvalue weighted by atomic mass is 16.4. The average Bonchev–Trinajstić information content (AvgIpc) is 3.52. The summed E-state index contributed by atoms with van der Waals surface area (Å²) < 4.78 is 7.80. The maximum absolute atomic E-state index is 11.9. The molecule has 0 fully saturated rings. The van der Waals surface area contributed by atoms with Crippen molar-refractivity contribution in [2.24, 2.45) is 5.73 Å². The van der Waals surface area contributed by atoms with E-state index in [1.807, 2.05) is 76.6 Å². The van der Waals surface area contributed by atoms with Crippen LogP contribution in [0.15, 0.2) is 77.6 Å². The number of primary amides is 1. The molecule has 0 atom stereocenters. The van der Waals surface area contributed by atoms with Crippen LogP contribution in [0.2, 0.25) is 0 Å². The molecule has 5 aromatic rings. The Hall–Kier alpha value is -4.59. The van der Waals surface area contributed by atoms with E-state index in [1.165, 1.54) is 6.20 Å². The van der Waals surface area contributed by atoms with Gasteiger partial charge in [-0.2, -0.15) is 5.10 Å². The number of anilines is 2. The Morgan fingerprint density at radius 2 is 1.64 bits per heavy atom. The Kier molecular flexibility index (Phi) is 5.93. The fraction of sp³-hybridized carbons (Fsp3) is 0.179. The van der Waals surface area contributed by atoms with Gasteiger partial charge in [-0.1, -0.05) is 12.1 Å². The van der Waals surface area contributed by atoms with Crippen LogP contribution < -0.4 is 16.0 Å². The third-order valence-electron chi connectivity index (χ3n) is 5.97. The van der Waals surface area contributed by atoms with Crippen molar-refractivity contribution in [1.82, 2.24) is 14.6 Å². The van der Waals surface area contributed by atoms with Crippen molar-refractivity contribution in [3.8, 4) is 33.9 Å².